The van der Waals surface area contributed by atoms with E-state index in [4.69, 9.17) is 11.6 Å². The van der Waals surface area contributed by atoms with E-state index in [1.807, 2.05) is 31.2 Å². The predicted molar refractivity (Wildman–Crippen MR) is 75.4 cm³/mol. The highest BCUT2D eigenvalue weighted by Crippen LogP contribution is 2.22. The molecule has 0 N–H and O–H groups in total. The Morgan fingerprint density at radius 3 is 2.42 bits per heavy atom. The first-order valence-corrected chi connectivity index (χ1v) is 6.39. The molecule has 0 aliphatic heterocycles. The number of ketones is 1. The second-order valence-corrected chi connectivity index (χ2v) is 5.07. The van der Waals surface area contributed by atoms with E-state index in [1.165, 1.54) is 12.1 Å². The maximum atomic E-state index is 13.3. The van der Waals surface area contributed by atoms with Crippen LogP contribution in [0.3, 0.4) is 0 Å². The van der Waals surface area contributed by atoms with Gasteiger partial charge in [-0.1, -0.05) is 41.4 Å². The quantitative estimate of drug-likeness (QED) is 0.753. The second-order valence-electron chi connectivity index (χ2n) is 4.67. The molecule has 0 spiro atoms. The minimum absolute atomic E-state index is 0.100. The molecule has 0 atom stereocenters. The van der Waals surface area contributed by atoms with Crippen LogP contribution in [0, 0.1) is 19.7 Å². The average Bonchev–Trinajstić information content (AvgIpc) is 2.36. The Hall–Kier alpha value is -1.67. The summed E-state index contributed by atoms with van der Waals surface area (Å²) in [4.78, 5) is 12.2. The molecule has 0 amide bonds. The highest BCUT2D eigenvalue weighted by molar-refractivity contribution is 6.34. The summed E-state index contributed by atoms with van der Waals surface area (Å²) in [6.45, 7) is 3.61. The second kappa shape index (κ2) is 5.54. The van der Waals surface area contributed by atoms with E-state index in [0.717, 1.165) is 11.1 Å². The zero-order valence-corrected chi connectivity index (χ0v) is 11.6. The van der Waals surface area contributed by atoms with Gasteiger partial charge in [-0.15, -0.1) is 0 Å². The van der Waals surface area contributed by atoms with Crippen molar-refractivity contribution >= 4 is 17.4 Å². The van der Waals surface area contributed by atoms with Crippen LogP contribution in [0.15, 0.2) is 36.4 Å². The lowest BCUT2D eigenvalue weighted by molar-refractivity contribution is 0.0993. The van der Waals surface area contributed by atoms with E-state index in [-0.39, 0.29) is 17.2 Å². The number of Topliss-reactive ketones (excluding diaryl/α,β-unsaturated/α-hetero) is 1. The first-order chi connectivity index (χ1) is 8.97. The number of halogens is 2. The molecule has 3 heteroatoms. The molecule has 19 heavy (non-hydrogen) atoms. The minimum Gasteiger partial charge on any atom is -0.294 e. The molecule has 2 aromatic carbocycles. The first kappa shape index (κ1) is 13.8. The summed E-state index contributed by atoms with van der Waals surface area (Å²) < 4.78 is 13.3. The van der Waals surface area contributed by atoms with Gasteiger partial charge in [0, 0.05) is 12.0 Å². The molecule has 2 aromatic rings. The van der Waals surface area contributed by atoms with Crippen LogP contribution in [-0.2, 0) is 6.42 Å². The van der Waals surface area contributed by atoms with Crippen molar-refractivity contribution in [3.05, 3.63) is 69.5 Å². The summed E-state index contributed by atoms with van der Waals surface area (Å²) in [5.41, 5.74) is 2.87. The maximum absolute atomic E-state index is 13.3. The Morgan fingerprint density at radius 1 is 1.16 bits per heavy atom. The molecule has 0 fully saturated rings. The lowest BCUT2D eigenvalue weighted by atomic mass is 10.0. The SMILES string of the molecule is Cc1ccc(CC(=O)c2cc(C)c(F)cc2Cl)cc1. The fraction of sp³-hybridized carbons (Fsp3) is 0.188. The van der Waals surface area contributed by atoms with Crippen LogP contribution in [0.1, 0.15) is 27.0 Å². The molecule has 0 saturated carbocycles. The molecule has 98 valence electrons. The third-order valence-corrected chi connectivity index (χ3v) is 3.35. The molecule has 0 saturated heterocycles. The topological polar surface area (TPSA) is 17.1 Å². The summed E-state index contributed by atoms with van der Waals surface area (Å²) in [7, 11) is 0. The van der Waals surface area contributed by atoms with Gasteiger partial charge in [-0.3, -0.25) is 4.79 Å². The van der Waals surface area contributed by atoms with Crippen LogP contribution in [0.25, 0.3) is 0 Å². The monoisotopic (exact) mass is 276 g/mol. The summed E-state index contributed by atoms with van der Waals surface area (Å²) in [5.74, 6) is -0.492. The summed E-state index contributed by atoms with van der Waals surface area (Å²) in [5, 5.41) is 0.167. The van der Waals surface area contributed by atoms with Crippen molar-refractivity contribution in [1.82, 2.24) is 0 Å². The fourth-order valence-corrected chi connectivity index (χ4v) is 2.11. The van der Waals surface area contributed by atoms with Gasteiger partial charge in [0.25, 0.3) is 0 Å². The molecule has 0 aromatic heterocycles. The maximum Gasteiger partial charge on any atom is 0.168 e. The van der Waals surface area contributed by atoms with Crippen molar-refractivity contribution in [2.24, 2.45) is 0 Å². The predicted octanol–water partition coefficient (Wildman–Crippen LogP) is 4.52. The van der Waals surface area contributed by atoms with Crippen molar-refractivity contribution in [3.8, 4) is 0 Å². The molecular weight excluding hydrogens is 263 g/mol. The van der Waals surface area contributed by atoms with Gasteiger partial charge in [-0.05, 0) is 37.1 Å². The highest BCUT2D eigenvalue weighted by atomic mass is 35.5. The van der Waals surface area contributed by atoms with Crippen molar-refractivity contribution < 1.29 is 9.18 Å². The van der Waals surface area contributed by atoms with Crippen LogP contribution >= 0.6 is 11.6 Å². The van der Waals surface area contributed by atoms with Crippen molar-refractivity contribution in [3.63, 3.8) is 0 Å². The first-order valence-electron chi connectivity index (χ1n) is 6.02. The number of rotatable bonds is 3. The van der Waals surface area contributed by atoms with Crippen molar-refractivity contribution in [1.29, 1.82) is 0 Å². The number of aryl methyl sites for hydroxylation is 2. The normalized spacial score (nSPS) is 10.5. The van der Waals surface area contributed by atoms with Gasteiger partial charge in [0.15, 0.2) is 5.78 Å². The molecule has 0 aliphatic carbocycles. The molecule has 0 heterocycles. The van der Waals surface area contributed by atoms with E-state index in [0.29, 0.717) is 11.1 Å². The Morgan fingerprint density at radius 2 is 1.79 bits per heavy atom. The smallest absolute Gasteiger partial charge is 0.168 e. The average molecular weight is 277 g/mol. The molecule has 0 bridgehead atoms. The molecule has 0 unspecified atom stereocenters. The molecule has 0 aliphatic rings. The van der Waals surface area contributed by atoms with Gasteiger partial charge in [0.2, 0.25) is 0 Å². The van der Waals surface area contributed by atoms with Crippen LogP contribution < -0.4 is 0 Å². The van der Waals surface area contributed by atoms with Crippen LogP contribution in [-0.4, -0.2) is 5.78 Å². The van der Waals surface area contributed by atoms with Gasteiger partial charge >= 0.3 is 0 Å². The van der Waals surface area contributed by atoms with E-state index >= 15 is 0 Å². The third kappa shape index (κ3) is 3.21. The summed E-state index contributed by atoms with van der Waals surface area (Å²) in [6, 6.07) is 10.4. The van der Waals surface area contributed by atoms with Crippen LogP contribution in [0.5, 0.6) is 0 Å². The lowest BCUT2D eigenvalue weighted by Gasteiger charge is -2.06. The molecule has 2 rings (SSSR count). The molecule has 1 nitrogen and oxygen atoms in total. The molecular formula is C16H14ClFO. The van der Waals surface area contributed by atoms with E-state index in [2.05, 4.69) is 0 Å². The Kier molecular flexibility index (Phi) is 4.01. The fourth-order valence-electron chi connectivity index (χ4n) is 1.86. The van der Waals surface area contributed by atoms with Crippen molar-refractivity contribution in [2.45, 2.75) is 20.3 Å². The van der Waals surface area contributed by atoms with Gasteiger partial charge in [0.05, 0.1) is 5.02 Å². The Labute approximate surface area is 117 Å². The van der Waals surface area contributed by atoms with Crippen LogP contribution in [0.2, 0.25) is 5.02 Å². The third-order valence-electron chi connectivity index (χ3n) is 3.03. The highest BCUT2D eigenvalue weighted by Gasteiger charge is 2.13. The summed E-state index contributed by atoms with van der Waals surface area (Å²) in [6.07, 6.45) is 0.269. The van der Waals surface area contributed by atoms with E-state index in [9.17, 15) is 9.18 Å². The number of hydrogen-bond acceptors (Lipinski definition) is 1. The van der Waals surface area contributed by atoms with Gasteiger partial charge in [-0.25, -0.2) is 4.39 Å². The largest absolute Gasteiger partial charge is 0.294 e. The van der Waals surface area contributed by atoms with Crippen molar-refractivity contribution in [2.75, 3.05) is 0 Å². The van der Waals surface area contributed by atoms with Crippen LogP contribution in [0.4, 0.5) is 4.39 Å². The lowest BCUT2D eigenvalue weighted by Crippen LogP contribution is -2.05. The minimum atomic E-state index is -0.392. The summed E-state index contributed by atoms with van der Waals surface area (Å²) >= 11 is 5.93. The van der Waals surface area contributed by atoms with Gasteiger partial charge in [0.1, 0.15) is 5.82 Å². The Bertz CT molecular complexity index is 617. The number of carbonyl (C=O) groups excluding carboxylic acids is 1. The number of benzene rings is 2. The zero-order valence-electron chi connectivity index (χ0n) is 10.8. The molecule has 0 radical (unpaired) electrons. The Balaban J connectivity index is 2.25. The number of carbonyl (C=O) groups is 1. The zero-order chi connectivity index (χ0) is 14.0. The number of hydrogen-bond donors (Lipinski definition) is 0. The standard InChI is InChI=1S/C16H14ClFO/c1-10-3-5-12(6-4-10)8-16(19)13-7-11(2)15(18)9-14(13)17/h3-7,9H,8H2,1-2H3. The van der Waals surface area contributed by atoms with E-state index in [1.54, 1.807) is 6.92 Å². The van der Waals surface area contributed by atoms with Gasteiger partial charge < -0.3 is 0 Å². The van der Waals surface area contributed by atoms with E-state index < -0.39 is 5.82 Å². The van der Waals surface area contributed by atoms with Gasteiger partial charge in [-0.2, -0.15) is 0 Å².